The zero-order valence-electron chi connectivity index (χ0n) is 11.7. The minimum atomic E-state index is -0.930. The molecule has 0 aromatic heterocycles. The SMILES string of the molecule is CCc1ccc(COc2cccc(C(=O)O)c2C)cc1. The van der Waals surface area contributed by atoms with Crippen LogP contribution in [0.5, 0.6) is 5.75 Å². The van der Waals surface area contributed by atoms with Crippen LogP contribution in [0.1, 0.15) is 34.0 Å². The molecule has 20 heavy (non-hydrogen) atoms. The van der Waals surface area contributed by atoms with Crippen LogP contribution in [0.15, 0.2) is 42.5 Å². The molecule has 0 fully saturated rings. The summed E-state index contributed by atoms with van der Waals surface area (Å²) in [4.78, 5) is 11.1. The molecule has 0 amide bonds. The third kappa shape index (κ3) is 3.18. The van der Waals surface area contributed by atoms with Gasteiger partial charge in [0, 0.05) is 5.56 Å². The highest BCUT2D eigenvalue weighted by Crippen LogP contribution is 2.22. The molecule has 3 nitrogen and oxygen atoms in total. The van der Waals surface area contributed by atoms with Gasteiger partial charge in [0.05, 0.1) is 5.56 Å². The Hall–Kier alpha value is -2.29. The lowest BCUT2D eigenvalue weighted by molar-refractivity contribution is 0.0695. The number of aromatic carboxylic acids is 1. The molecule has 0 aliphatic rings. The van der Waals surface area contributed by atoms with E-state index in [1.807, 2.05) is 12.1 Å². The third-order valence-electron chi connectivity index (χ3n) is 3.34. The van der Waals surface area contributed by atoms with E-state index in [0.717, 1.165) is 12.0 Å². The van der Waals surface area contributed by atoms with Crippen molar-refractivity contribution >= 4 is 5.97 Å². The molecule has 0 heterocycles. The van der Waals surface area contributed by atoms with E-state index in [9.17, 15) is 4.79 Å². The standard InChI is InChI=1S/C17H18O3/c1-3-13-7-9-14(10-8-13)11-20-16-6-4-5-15(12(16)2)17(18)19/h4-10H,3,11H2,1-2H3,(H,18,19). The fraction of sp³-hybridized carbons (Fsp3) is 0.235. The van der Waals surface area contributed by atoms with Crippen LogP contribution in [-0.4, -0.2) is 11.1 Å². The largest absolute Gasteiger partial charge is 0.489 e. The Labute approximate surface area is 118 Å². The van der Waals surface area contributed by atoms with E-state index < -0.39 is 5.97 Å². The summed E-state index contributed by atoms with van der Waals surface area (Å²) in [6, 6.07) is 13.3. The lowest BCUT2D eigenvalue weighted by atomic mass is 10.1. The average Bonchev–Trinajstić information content (AvgIpc) is 2.46. The Morgan fingerprint density at radius 3 is 2.35 bits per heavy atom. The van der Waals surface area contributed by atoms with Gasteiger partial charge in [-0.1, -0.05) is 37.3 Å². The molecular weight excluding hydrogens is 252 g/mol. The molecule has 0 saturated heterocycles. The van der Waals surface area contributed by atoms with Crippen molar-refractivity contribution < 1.29 is 14.6 Å². The Kier molecular flexibility index (Phi) is 4.41. The van der Waals surface area contributed by atoms with E-state index in [1.54, 1.807) is 25.1 Å². The molecule has 104 valence electrons. The molecule has 2 aromatic carbocycles. The second kappa shape index (κ2) is 6.24. The van der Waals surface area contributed by atoms with Gasteiger partial charge in [0.1, 0.15) is 12.4 Å². The maximum Gasteiger partial charge on any atom is 0.336 e. The highest BCUT2D eigenvalue weighted by molar-refractivity contribution is 5.90. The van der Waals surface area contributed by atoms with Crippen molar-refractivity contribution in [3.63, 3.8) is 0 Å². The van der Waals surface area contributed by atoms with Crippen LogP contribution in [-0.2, 0) is 13.0 Å². The molecule has 2 rings (SSSR count). The van der Waals surface area contributed by atoms with Gasteiger partial charge in [-0.05, 0) is 36.6 Å². The zero-order chi connectivity index (χ0) is 14.5. The maximum absolute atomic E-state index is 11.1. The fourth-order valence-electron chi connectivity index (χ4n) is 2.03. The van der Waals surface area contributed by atoms with Gasteiger partial charge in [0.15, 0.2) is 0 Å². The van der Waals surface area contributed by atoms with Gasteiger partial charge >= 0.3 is 5.97 Å². The second-order valence-corrected chi connectivity index (χ2v) is 4.69. The lowest BCUT2D eigenvalue weighted by Crippen LogP contribution is -2.03. The summed E-state index contributed by atoms with van der Waals surface area (Å²) in [7, 11) is 0. The smallest absolute Gasteiger partial charge is 0.336 e. The number of carbonyl (C=O) groups is 1. The molecule has 2 aromatic rings. The molecule has 0 radical (unpaired) electrons. The molecule has 0 aliphatic carbocycles. The Morgan fingerprint density at radius 1 is 1.10 bits per heavy atom. The van der Waals surface area contributed by atoms with Crippen molar-refractivity contribution in [1.82, 2.24) is 0 Å². The molecule has 0 unspecified atom stereocenters. The van der Waals surface area contributed by atoms with Crippen LogP contribution < -0.4 is 4.74 Å². The summed E-state index contributed by atoms with van der Waals surface area (Å²) in [5.74, 6) is -0.315. The first kappa shape index (κ1) is 14.1. The van der Waals surface area contributed by atoms with Crippen LogP contribution in [0.3, 0.4) is 0 Å². The quantitative estimate of drug-likeness (QED) is 0.898. The van der Waals surface area contributed by atoms with Crippen LogP contribution in [0.25, 0.3) is 0 Å². The van der Waals surface area contributed by atoms with Crippen molar-refractivity contribution in [3.05, 3.63) is 64.7 Å². The first-order valence-corrected chi connectivity index (χ1v) is 6.65. The third-order valence-corrected chi connectivity index (χ3v) is 3.34. The van der Waals surface area contributed by atoms with Gasteiger partial charge in [-0.3, -0.25) is 0 Å². The van der Waals surface area contributed by atoms with Crippen molar-refractivity contribution in [2.75, 3.05) is 0 Å². The van der Waals surface area contributed by atoms with Crippen molar-refractivity contribution in [2.45, 2.75) is 26.9 Å². The summed E-state index contributed by atoms with van der Waals surface area (Å²) >= 11 is 0. The van der Waals surface area contributed by atoms with E-state index >= 15 is 0 Å². The highest BCUT2D eigenvalue weighted by atomic mass is 16.5. The Bertz CT molecular complexity index is 600. The van der Waals surface area contributed by atoms with Crippen LogP contribution >= 0.6 is 0 Å². The number of ether oxygens (including phenoxy) is 1. The molecular formula is C17H18O3. The number of benzene rings is 2. The molecule has 0 bridgehead atoms. The van der Waals surface area contributed by atoms with Gasteiger partial charge in [0.2, 0.25) is 0 Å². The topological polar surface area (TPSA) is 46.5 Å². The van der Waals surface area contributed by atoms with E-state index in [1.165, 1.54) is 5.56 Å². The highest BCUT2D eigenvalue weighted by Gasteiger charge is 2.10. The minimum Gasteiger partial charge on any atom is -0.489 e. The van der Waals surface area contributed by atoms with E-state index in [2.05, 4.69) is 19.1 Å². The molecule has 3 heteroatoms. The van der Waals surface area contributed by atoms with Crippen molar-refractivity contribution in [2.24, 2.45) is 0 Å². The van der Waals surface area contributed by atoms with Gasteiger partial charge in [0.25, 0.3) is 0 Å². The predicted molar refractivity (Wildman–Crippen MR) is 78.3 cm³/mol. The van der Waals surface area contributed by atoms with E-state index in [0.29, 0.717) is 17.9 Å². The number of aryl methyl sites for hydroxylation is 1. The zero-order valence-corrected chi connectivity index (χ0v) is 11.7. The second-order valence-electron chi connectivity index (χ2n) is 4.69. The normalized spacial score (nSPS) is 10.3. The maximum atomic E-state index is 11.1. The van der Waals surface area contributed by atoms with Crippen LogP contribution in [0.4, 0.5) is 0 Å². The van der Waals surface area contributed by atoms with Crippen molar-refractivity contribution in [3.8, 4) is 5.75 Å². The molecule has 0 aliphatic heterocycles. The predicted octanol–water partition coefficient (Wildman–Crippen LogP) is 3.83. The molecule has 0 saturated carbocycles. The van der Waals surface area contributed by atoms with Gasteiger partial charge < -0.3 is 9.84 Å². The number of hydrogen-bond acceptors (Lipinski definition) is 2. The number of carboxylic acid groups (broad SMARTS) is 1. The fourth-order valence-corrected chi connectivity index (χ4v) is 2.03. The molecule has 1 N–H and O–H groups in total. The van der Waals surface area contributed by atoms with E-state index in [-0.39, 0.29) is 5.56 Å². The first-order valence-electron chi connectivity index (χ1n) is 6.65. The first-order chi connectivity index (χ1) is 9.61. The minimum absolute atomic E-state index is 0.281. The number of rotatable bonds is 5. The summed E-state index contributed by atoms with van der Waals surface area (Å²) in [6.07, 6.45) is 1.01. The van der Waals surface area contributed by atoms with E-state index in [4.69, 9.17) is 9.84 Å². The monoisotopic (exact) mass is 270 g/mol. The van der Waals surface area contributed by atoms with Gasteiger partial charge in [-0.15, -0.1) is 0 Å². The average molecular weight is 270 g/mol. The van der Waals surface area contributed by atoms with Gasteiger partial charge in [-0.25, -0.2) is 4.79 Å². The summed E-state index contributed by atoms with van der Waals surface area (Å²) in [6.45, 7) is 4.32. The Balaban J connectivity index is 2.10. The van der Waals surface area contributed by atoms with Crippen LogP contribution in [0.2, 0.25) is 0 Å². The molecule has 0 spiro atoms. The van der Waals surface area contributed by atoms with Gasteiger partial charge in [-0.2, -0.15) is 0 Å². The van der Waals surface area contributed by atoms with Crippen molar-refractivity contribution in [1.29, 1.82) is 0 Å². The lowest BCUT2D eigenvalue weighted by Gasteiger charge is -2.11. The number of hydrogen-bond donors (Lipinski definition) is 1. The summed E-state index contributed by atoms with van der Waals surface area (Å²) in [5.41, 5.74) is 3.30. The van der Waals surface area contributed by atoms with Crippen LogP contribution in [0, 0.1) is 6.92 Å². The molecule has 0 atom stereocenters. The number of carboxylic acids is 1. The summed E-state index contributed by atoms with van der Waals surface area (Å²) < 4.78 is 5.72. The summed E-state index contributed by atoms with van der Waals surface area (Å²) in [5, 5.41) is 9.08. The Morgan fingerprint density at radius 2 is 1.75 bits per heavy atom.